The van der Waals surface area contributed by atoms with Gasteiger partial charge < -0.3 is 26.6 Å². The minimum atomic E-state index is -1.30. The number of aromatic hydroxyl groups is 1. The van der Waals surface area contributed by atoms with Gasteiger partial charge in [-0.25, -0.2) is 9.59 Å². The first-order valence-electron chi connectivity index (χ1n) is 5.24. The largest absolute Gasteiger partial charge is 0.508 e. The summed E-state index contributed by atoms with van der Waals surface area (Å²) >= 11 is 0. The average molecular weight is 267 g/mol. The van der Waals surface area contributed by atoms with E-state index in [1.54, 1.807) is 0 Å². The van der Waals surface area contributed by atoms with Gasteiger partial charge in [-0.3, -0.25) is 4.79 Å². The summed E-state index contributed by atoms with van der Waals surface area (Å²) in [6.45, 7) is 1.39. The predicted octanol–water partition coefficient (Wildman–Crippen LogP) is 0.0857. The van der Waals surface area contributed by atoms with Crippen LogP contribution in [0.25, 0.3) is 0 Å². The second-order valence-electron chi connectivity index (χ2n) is 3.75. The molecule has 0 saturated carbocycles. The molecule has 0 fully saturated rings. The number of hydrogen-bond donors (Lipinski definition) is 5. The zero-order chi connectivity index (χ0) is 14.6. The smallest absolute Gasteiger partial charge is 0.337 e. The van der Waals surface area contributed by atoms with Gasteiger partial charge in [0.2, 0.25) is 5.91 Å². The fourth-order valence-electron chi connectivity index (χ4n) is 1.34. The number of aromatic carboxylic acids is 1. The highest BCUT2D eigenvalue weighted by atomic mass is 16.4. The molecule has 0 aliphatic heterocycles. The molecular formula is C11H13N3O5. The van der Waals surface area contributed by atoms with E-state index in [1.165, 1.54) is 19.1 Å². The van der Waals surface area contributed by atoms with Crippen LogP contribution in [0.15, 0.2) is 18.2 Å². The summed E-state index contributed by atoms with van der Waals surface area (Å²) < 4.78 is 0. The third-order valence-electron chi connectivity index (χ3n) is 2.24. The minimum absolute atomic E-state index is 0.00780. The topological polar surface area (TPSA) is 142 Å². The van der Waals surface area contributed by atoms with Gasteiger partial charge >= 0.3 is 12.0 Å². The summed E-state index contributed by atoms with van der Waals surface area (Å²) in [5.74, 6) is -2.17. The summed E-state index contributed by atoms with van der Waals surface area (Å²) in [4.78, 5) is 33.2. The van der Waals surface area contributed by atoms with Crippen molar-refractivity contribution in [2.75, 3.05) is 5.32 Å². The lowest BCUT2D eigenvalue weighted by molar-refractivity contribution is -0.117. The van der Waals surface area contributed by atoms with Gasteiger partial charge in [0.25, 0.3) is 0 Å². The highest BCUT2D eigenvalue weighted by molar-refractivity contribution is 6.03. The van der Waals surface area contributed by atoms with Crippen molar-refractivity contribution in [3.05, 3.63) is 23.8 Å². The Kier molecular flexibility index (Phi) is 4.30. The Bertz CT molecular complexity index is 529. The Morgan fingerprint density at radius 3 is 2.47 bits per heavy atom. The number of nitrogens with two attached hydrogens (primary N) is 1. The van der Waals surface area contributed by atoms with E-state index in [9.17, 15) is 19.5 Å². The van der Waals surface area contributed by atoms with E-state index in [-0.39, 0.29) is 17.0 Å². The third kappa shape index (κ3) is 3.87. The zero-order valence-electron chi connectivity index (χ0n) is 10.0. The first-order chi connectivity index (χ1) is 8.81. The van der Waals surface area contributed by atoms with E-state index >= 15 is 0 Å². The van der Waals surface area contributed by atoms with Crippen LogP contribution in [0.2, 0.25) is 0 Å². The highest BCUT2D eigenvalue weighted by Gasteiger charge is 2.18. The Morgan fingerprint density at radius 1 is 1.32 bits per heavy atom. The number of nitrogens with one attached hydrogen (secondary N) is 2. The first-order valence-corrected chi connectivity index (χ1v) is 5.24. The molecular weight excluding hydrogens is 254 g/mol. The number of benzene rings is 1. The van der Waals surface area contributed by atoms with Gasteiger partial charge in [0, 0.05) is 0 Å². The quantitative estimate of drug-likeness (QED) is 0.491. The Balaban J connectivity index is 2.90. The lowest BCUT2D eigenvalue weighted by Gasteiger charge is -2.14. The van der Waals surface area contributed by atoms with Crippen LogP contribution >= 0.6 is 0 Å². The second-order valence-corrected chi connectivity index (χ2v) is 3.75. The first kappa shape index (κ1) is 14.3. The molecule has 1 rings (SSSR count). The molecule has 0 saturated heterocycles. The molecule has 3 amide bonds. The Hall–Kier alpha value is -2.77. The van der Waals surface area contributed by atoms with Crippen LogP contribution in [-0.2, 0) is 4.79 Å². The number of anilines is 1. The maximum absolute atomic E-state index is 11.7. The number of carboxylic acid groups (broad SMARTS) is 1. The van der Waals surface area contributed by atoms with E-state index in [1.807, 2.05) is 0 Å². The zero-order valence-corrected chi connectivity index (χ0v) is 10.0. The van der Waals surface area contributed by atoms with Gasteiger partial charge in [0.05, 0.1) is 11.3 Å². The third-order valence-corrected chi connectivity index (χ3v) is 2.24. The molecule has 0 spiro atoms. The van der Waals surface area contributed by atoms with Crippen LogP contribution in [-0.4, -0.2) is 34.2 Å². The number of urea groups is 1. The molecule has 0 aliphatic carbocycles. The molecule has 1 aromatic rings. The van der Waals surface area contributed by atoms with Crippen molar-refractivity contribution in [1.82, 2.24) is 5.32 Å². The van der Waals surface area contributed by atoms with Crippen LogP contribution in [0, 0.1) is 0 Å². The Morgan fingerprint density at radius 2 is 1.95 bits per heavy atom. The van der Waals surface area contributed by atoms with Crippen molar-refractivity contribution >= 4 is 23.6 Å². The van der Waals surface area contributed by atoms with Gasteiger partial charge in [-0.1, -0.05) is 0 Å². The number of carbonyl (C=O) groups excluding carboxylic acids is 2. The van der Waals surface area contributed by atoms with Gasteiger partial charge in [0.1, 0.15) is 11.8 Å². The number of carbonyl (C=O) groups is 3. The lowest BCUT2D eigenvalue weighted by Crippen LogP contribution is -2.44. The van der Waals surface area contributed by atoms with E-state index < -0.39 is 23.9 Å². The Labute approximate surface area is 108 Å². The van der Waals surface area contributed by atoms with Crippen LogP contribution in [0.4, 0.5) is 10.5 Å². The minimum Gasteiger partial charge on any atom is -0.508 e. The number of phenolic OH excluding ortho intramolecular Hbond substituents is 1. The molecule has 19 heavy (non-hydrogen) atoms. The monoisotopic (exact) mass is 267 g/mol. The maximum Gasteiger partial charge on any atom is 0.337 e. The van der Waals surface area contributed by atoms with Gasteiger partial charge in [0.15, 0.2) is 0 Å². The molecule has 8 heteroatoms. The lowest BCUT2D eigenvalue weighted by atomic mass is 10.1. The summed E-state index contributed by atoms with van der Waals surface area (Å²) in [5, 5.41) is 22.6. The summed E-state index contributed by atoms with van der Waals surface area (Å²) in [6.07, 6.45) is 0. The van der Waals surface area contributed by atoms with E-state index in [0.717, 1.165) is 6.07 Å². The van der Waals surface area contributed by atoms with Crippen LogP contribution < -0.4 is 16.4 Å². The fourth-order valence-corrected chi connectivity index (χ4v) is 1.34. The standard InChI is InChI=1S/C11H13N3O5/c1-5(13-11(12)19)9(16)14-8-3-2-6(15)4-7(8)10(17)18/h2-5,15H,1H3,(H,14,16)(H,17,18)(H3,12,13,19). The molecule has 1 aromatic carbocycles. The van der Waals surface area contributed by atoms with Gasteiger partial charge in [-0.2, -0.15) is 0 Å². The van der Waals surface area contributed by atoms with Gasteiger partial charge in [-0.05, 0) is 25.1 Å². The molecule has 0 aliphatic rings. The molecule has 8 nitrogen and oxygen atoms in total. The number of amides is 3. The fraction of sp³-hybridized carbons (Fsp3) is 0.182. The average Bonchev–Trinajstić information content (AvgIpc) is 2.30. The van der Waals surface area contributed by atoms with Crippen molar-refractivity contribution in [1.29, 1.82) is 0 Å². The molecule has 0 heterocycles. The highest BCUT2D eigenvalue weighted by Crippen LogP contribution is 2.21. The van der Waals surface area contributed by atoms with Crippen molar-refractivity contribution in [2.24, 2.45) is 5.73 Å². The molecule has 102 valence electrons. The number of hydrogen-bond acceptors (Lipinski definition) is 4. The molecule has 0 aromatic heterocycles. The van der Waals surface area contributed by atoms with Crippen LogP contribution in [0.3, 0.4) is 0 Å². The van der Waals surface area contributed by atoms with Crippen molar-refractivity contribution in [2.45, 2.75) is 13.0 Å². The van der Waals surface area contributed by atoms with E-state index in [0.29, 0.717) is 0 Å². The maximum atomic E-state index is 11.7. The molecule has 0 bridgehead atoms. The molecule has 1 unspecified atom stereocenters. The van der Waals surface area contributed by atoms with Crippen molar-refractivity contribution in [3.8, 4) is 5.75 Å². The molecule has 0 radical (unpaired) electrons. The molecule has 1 atom stereocenters. The van der Waals surface area contributed by atoms with Crippen molar-refractivity contribution < 1.29 is 24.6 Å². The summed E-state index contributed by atoms with van der Waals surface area (Å²) in [5.41, 5.74) is 4.61. The number of phenols is 1. The van der Waals surface area contributed by atoms with Crippen LogP contribution in [0.1, 0.15) is 17.3 Å². The predicted molar refractivity (Wildman–Crippen MR) is 65.9 cm³/mol. The molecule has 6 N–H and O–H groups in total. The number of rotatable bonds is 4. The number of carboxylic acids is 1. The van der Waals surface area contributed by atoms with E-state index in [2.05, 4.69) is 10.6 Å². The summed E-state index contributed by atoms with van der Waals surface area (Å²) in [7, 11) is 0. The normalized spacial score (nSPS) is 11.4. The SMILES string of the molecule is CC(NC(N)=O)C(=O)Nc1ccc(O)cc1C(=O)O. The van der Waals surface area contributed by atoms with Crippen molar-refractivity contribution in [3.63, 3.8) is 0 Å². The second kappa shape index (κ2) is 5.71. The summed E-state index contributed by atoms with van der Waals surface area (Å²) in [6, 6.07) is 1.69. The van der Waals surface area contributed by atoms with Gasteiger partial charge in [-0.15, -0.1) is 0 Å². The van der Waals surface area contributed by atoms with Crippen LogP contribution in [0.5, 0.6) is 5.75 Å². The number of primary amides is 1. The van der Waals surface area contributed by atoms with E-state index in [4.69, 9.17) is 10.8 Å².